The highest BCUT2D eigenvalue weighted by Crippen LogP contribution is 2.25. The first-order valence-corrected chi connectivity index (χ1v) is 6.03. The quantitative estimate of drug-likeness (QED) is 0.845. The predicted molar refractivity (Wildman–Crippen MR) is 67.7 cm³/mol. The molecule has 0 spiro atoms. The van der Waals surface area contributed by atoms with Crippen LogP contribution in [0.15, 0.2) is 22.7 Å². The Morgan fingerprint density at radius 2 is 2.25 bits per heavy atom. The van der Waals surface area contributed by atoms with Crippen LogP contribution in [0, 0.1) is 6.92 Å². The summed E-state index contributed by atoms with van der Waals surface area (Å²) in [5.74, 6) is 0.885. The van der Waals surface area contributed by atoms with E-state index in [1.54, 1.807) is 0 Å². The van der Waals surface area contributed by atoms with Gasteiger partial charge in [-0.05, 0) is 25.5 Å². The highest BCUT2D eigenvalue weighted by molar-refractivity contribution is 9.10. The number of nitrogens with one attached hydrogen (secondary N) is 1. The Morgan fingerprint density at radius 1 is 1.50 bits per heavy atom. The molecule has 0 saturated heterocycles. The van der Waals surface area contributed by atoms with E-state index in [2.05, 4.69) is 21.2 Å². The standard InChI is InChI=1S/C12H16BrNO2/c1-9-11(13)5-3-6-12(9)16-8-4-7-14-10(2)15/h3,5-6H,4,7-8H2,1-2H3,(H,14,15). The van der Waals surface area contributed by atoms with Crippen LogP contribution in [0.5, 0.6) is 5.75 Å². The number of rotatable bonds is 5. The van der Waals surface area contributed by atoms with Crippen molar-refractivity contribution in [1.82, 2.24) is 5.32 Å². The summed E-state index contributed by atoms with van der Waals surface area (Å²) < 4.78 is 6.67. The van der Waals surface area contributed by atoms with Gasteiger partial charge in [-0.15, -0.1) is 0 Å². The number of hydrogen-bond acceptors (Lipinski definition) is 2. The lowest BCUT2D eigenvalue weighted by Gasteiger charge is -2.10. The predicted octanol–water partition coefficient (Wildman–Crippen LogP) is 2.66. The van der Waals surface area contributed by atoms with Crippen molar-refractivity contribution in [2.24, 2.45) is 0 Å². The summed E-state index contributed by atoms with van der Waals surface area (Å²) >= 11 is 3.45. The summed E-state index contributed by atoms with van der Waals surface area (Å²) in [5, 5.41) is 2.73. The van der Waals surface area contributed by atoms with E-state index >= 15 is 0 Å². The van der Waals surface area contributed by atoms with Gasteiger partial charge >= 0.3 is 0 Å². The van der Waals surface area contributed by atoms with Gasteiger partial charge in [-0.2, -0.15) is 0 Å². The third kappa shape index (κ3) is 4.23. The van der Waals surface area contributed by atoms with Gasteiger partial charge < -0.3 is 10.1 Å². The molecule has 1 aromatic rings. The lowest BCUT2D eigenvalue weighted by molar-refractivity contribution is -0.118. The number of benzene rings is 1. The number of carbonyl (C=O) groups excluding carboxylic acids is 1. The van der Waals surface area contributed by atoms with Crippen molar-refractivity contribution in [1.29, 1.82) is 0 Å². The molecule has 4 heteroatoms. The van der Waals surface area contributed by atoms with E-state index in [0.29, 0.717) is 13.2 Å². The molecular weight excluding hydrogens is 270 g/mol. The van der Waals surface area contributed by atoms with Crippen molar-refractivity contribution in [2.45, 2.75) is 20.3 Å². The fourth-order valence-corrected chi connectivity index (χ4v) is 1.61. The smallest absolute Gasteiger partial charge is 0.216 e. The SMILES string of the molecule is CC(=O)NCCCOc1cccc(Br)c1C. The molecule has 0 atom stereocenters. The number of hydrogen-bond donors (Lipinski definition) is 1. The van der Waals surface area contributed by atoms with Crippen molar-refractivity contribution in [3.8, 4) is 5.75 Å². The lowest BCUT2D eigenvalue weighted by Crippen LogP contribution is -2.22. The maximum absolute atomic E-state index is 10.6. The third-order valence-corrected chi connectivity index (χ3v) is 3.03. The molecule has 0 bridgehead atoms. The first-order chi connectivity index (χ1) is 7.61. The van der Waals surface area contributed by atoms with Gasteiger partial charge in [0, 0.05) is 23.5 Å². The minimum atomic E-state index is -0.00126. The number of halogens is 1. The normalized spacial score (nSPS) is 9.94. The molecule has 1 rings (SSSR count). The van der Waals surface area contributed by atoms with E-state index in [1.807, 2.05) is 25.1 Å². The van der Waals surface area contributed by atoms with Crippen LogP contribution >= 0.6 is 15.9 Å². The molecule has 0 aromatic heterocycles. The van der Waals surface area contributed by atoms with Gasteiger partial charge in [0.2, 0.25) is 5.91 Å². The summed E-state index contributed by atoms with van der Waals surface area (Å²) in [6, 6.07) is 5.87. The van der Waals surface area contributed by atoms with Gasteiger partial charge in [0.05, 0.1) is 6.61 Å². The minimum Gasteiger partial charge on any atom is -0.493 e. The molecule has 3 nitrogen and oxygen atoms in total. The molecule has 0 heterocycles. The fraction of sp³-hybridized carbons (Fsp3) is 0.417. The number of ether oxygens (including phenoxy) is 1. The van der Waals surface area contributed by atoms with Crippen LogP contribution in [-0.2, 0) is 4.79 Å². The van der Waals surface area contributed by atoms with Crippen LogP contribution in [0.2, 0.25) is 0 Å². The van der Waals surface area contributed by atoms with Gasteiger partial charge in [0.15, 0.2) is 0 Å². The van der Waals surface area contributed by atoms with Gasteiger partial charge in [-0.1, -0.05) is 22.0 Å². The first kappa shape index (κ1) is 13.0. The Balaban J connectivity index is 2.32. The first-order valence-electron chi connectivity index (χ1n) is 5.23. The summed E-state index contributed by atoms with van der Waals surface area (Å²) in [4.78, 5) is 10.6. The molecule has 0 aliphatic carbocycles. The molecule has 0 fully saturated rings. The summed E-state index contributed by atoms with van der Waals surface area (Å²) in [6.07, 6.45) is 0.811. The maximum Gasteiger partial charge on any atom is 0.216 e. The van der Waals surface area contributed by atoms with E-state index in [1.165, 1.54) is 6.92 Å². The largest absolute Gasteiger partial charge is 0.493 e. The van der Waals surface area contributed by atoms with Crippen LogP contribution in [0.3, 0.4) is 0 Å². The van der Waals surface area contributed by atoms with Crippen LogP contribution < -0.4 is 10.1 Å². The molecule has 0 aliphatic heterocycles. The molecule has 1 aromatic carbocycles. The average Bonchev–Trinajstić information content (AvgIpc) is 2.23. The van der Waals surface area contributed by atoms with E-state index in [9.17, 15) is 4.79 Å². The second kappa shape index (κ2) is 6.53. The van der Waals surface area contributed by atoms with Gasteiger partial charge in [0.25, 0.3) is 0 Å². The van der Waals surface area contributed by atoms with Crippen LogP contribution in [0.1, 0.15) is 18.9 Å². The summed E-state index contributed by atoms with van der Waals surface area (Å²) in [7, 11) is 0. The number of amides is 1. The maximum atomic E-state index is 10.6. The van der Waals surface area contributed by atoms with Gasteiger partial charge in [-0.3, -0.25) is 4.79 Å². The van der Waals surface area contributed by atoms with E-state index < -0.39 is 0 Å². The zero-order valence-corrected chi connectivity index (χ0v) is 11.1. The fourth-order valence-electron chi connectivity index (χ4n) is 1.26. The molecule has 0 radical (unpaired) electrons. The molecule has 1 amide bonds. The van der Waals surface area contributed by atoms with Crippen molar-refractivity contribution >= 4 is 21.8 Å². The molecule has 0 unspecified atom stereocenters. The van der Waals surface area contributed by atoms with Crippen molar-refractivity contribution in [2.75, 3.05) is 13.2 Å². The lowest BCUT2D eigenvalue weighted by atomic mass is 10.2. The molecule has 0 aliphatic rings. The summed E-state index contributed by atoms with van der Waals surface area (Å²) in [6.45, 7) is 4.78. The zero-order chi connectivity index (χ0) is 12.0. The molecular formula is C12H16BrNO2. The zero-order valence-electron chi connectivity index (χ0n) is 9.55. The average molecular weight is 286 g/mol. The van der Waals surface area contributed by atoms with E-state index in [0.717, 1.165) is 22.2 Å². The van der Waals surface area contributed by atoms with Gasteiger partial charge in [-0.25, -0.2) is 0 Å². The highest BCUT2D eigenvalue weighted by Gasteiger charge is 2.02. The Hall–Kier alpha value is -1.03. The van der Waals surface area contributed by atoms with Crippen LogP contribution in [-0.4, -0.2) is 19.1 Å². The van der Waals surface area contributed by atoms with Gasteiger partial charge in [0.1, 0.15) is 5.75 Å². The van der Waals surface area contributed by atoms with Crippen LogP contribution in [0.4, 0.5) is 0 Å². The Morgan fingerprint density at radius 3 is 2.94 bits per heavy atom. The second-order valence-corrected chi connectivity index (χ2v) is 4.40. The minimum absolute atomic E-state index is 0.00126. The van der Waals surface area contributed by atoms with E-state index in [4.69, 9.17) is 4.74 Å². The van der Waals surface area contributed by atoms with E-state index in [-0.39, 0.29) is 5.91 Å². The molecule has 88 valence electrons. The van der Waals surface area contributed by atoms with Crippen LogP contribution in [0.25, 0.3) is 0 Å². The van der Waals surface area contributed by atoms with Crippen molar-refractivity contribution in [3.05, 3.63) is 28.2 Å². The molecule has 16 heavy (non-hydrogen) atoms. The molecule has 1 N–H and O–H groups in total. The monoisotopic (exact) mass is 285 g/mol. The van der Waals surface area contributed by atoms with Crippen molar-refractivity contribution in [3.63, 3.8) is 0 Å². The highest BCUT2D eigenvalue weighted by atomic mass is 79.9. The Kier molecular flexibility index (Phi) is 5.32. The Bertz CT molecular complexity index is 366. The topological polar surface area (TPSA) is 38.3 Å². The Labute approximate surface area is 104 Å². The third-order valence-electron chi connectivity index (χ3n) is 2.17. The number of carbonyl (C=O) groups is 1. The summed E-state index contributed by atoms with van der Waals surface area (Å²) in [5.41, 5.74) is 1.10. The molecule has 0 saturated carbocycles. The van der Waals surface area contributed by atoms with Crippen molar-refractivity contribution < 1.29 is 9.53 Å². The second-order valence-electron chi connectivity index (χ2n) is 3.55.